The minimum Gasteiger partial charge on any atom is -0.339 e. The van der Waals surface area contributed by atoms with Gasteiger partial charge in [0.05, 0.1) is 15.5 Å². The summed E-state index contributed by atoms with van der Waals surface area (Å²) in [6.45, 7) is 7.83. The molecule has 260 valence electrons. The molecule has 2 aromatic heterocycles. The van der Waals surface area contributed by atoms with Gasteiger partial charge < -0.3 is 19.7 Å². The number of pyridine rings is 1. The van der Waals surface area contributed by atoms with Crippen molar-refractivity contribution in [2.75, 3.05) is 59.3 Å². The molecule has 0 unspecified atom stereocenters. The summed E-state index contributed by atoms with van der Waals surface area (Å²) in [5, 5.41) is 4.47. The number of carbonyl (C=O) groups is 1. The van der Waals surface area contributed by atoms with Crippen LogP contribution >= 0.6 is 0 Å². The topological polar surface area (TPSA) is 122 Å². The maximum absolute atomic E-state index is 13.5. The van der Waals surface area contributed by atoms with Crippen LogP contribution in [-0.4, -0.2) is 101 Å². The maximum atomic E-state index is 13.5. The van der Waals surface area contributed by atoms with E-state index >= 15 is 0 Å². The zero-order chi connectivity index (χ0) is 35.1. The normalized spacial score (nSPS) is 12.2. The van der Waals surface area contributed by atoms with Gasteiger partial charge in [-0.2, -0.15) is 0 Å². The van der Waals surface area contributed by atoms with Crippen LogP contribution in [0.2, 0.25) is 0 Å². The lowest BCUT2D eigenvalue weighted by Gasteiger charge is -2.19. The Balaban J connectivity index is 1.82. The molecular weight excluding hydrogens is 647 g/mol. The van der Waals surface area contributed by atoms with Crippen molar-refractivity contribution in [3.63, 3.8) is 0 Å². The van der Waals surface area contributed by atoms with Crippen LogP contribution in [0.5, 0.6) is 0 Å². The Kier molecular flexibility index (Phi) is 12.6. The molecule has 0 aliphatic rings. The number of fused-ring (bicyclic) bond motifs is 1. The summed E-state index contributed by atoms with van der Waals surface area (Å²) in [7, 11) is -3.49. The highest BCUT2D eigenvalue weighted by atomic mass is 32.2. The SMILES string of the molecule is CCN(CC)C(=O)c1ccc2c(c1)c(CCNCCCCc1ccncc1)c(-c1cc(S(C)(=O)=O)cc(S(C)(=O)=O)c1)n2CCN(C)C. The first-order chi connectivity index (χ1) is 22.7. The summed E-state index contributed by atoms with van der Waals surface area (Å²) in [4.78, 5) is 21.3. The van der Waals surface area contributed by atoms with Crippen molar-refractivity contribution in [2.45, 2.75) is 55.9 Å². The van der Waals surface area contributed by atoms with Gasteiger partial charge >= 0.3 is 0 Å². The summed E-state index contributed by atoms with van der Waals surface area (Å²) in [6, 6.07) is 14.2. The molecule has 0 bridgehead atoms. The van der Waals surface area contributed by atoms with E-state index in [1.165, 1.54) is 11.6 Å². The van der Waals surface area contributed by atoms with Crippen LogP contribution in [0.4, 0.5) is 0 Å². The van der Waals surface area contributed by atoms with E-state index in [4.69, 9.17) is 0 Å². The molecular formula is C36H49N5O5S2. The van der Waals surface area contributed by atoms with Crippen molar-refractivity contribution >= 4 is 36.5 Å². The largest absolute Gasteiger partial charge is 0.339 e. The van der Waals surface area contributed by atoms with E-state index in [1.54, 1.807) is 17.0 Å². The van der Waals surface area contributed by atoms with Crippen LogP contribution in [-0.2, 0) is 39.1 Å². The molecule has 0 aliphatic heterocycles. The number of aromatic nitrogens is 2. The standard InChI is InChI=1S/C36H49N5O5S2/c1-7-40(8-2)36(42)28-12-13-34-33(25-28)32(16-20-37-17-10-9-11-27-14-18-38-19-15-27)35(41(34)22-21-39(3)4)29-23-30(47(5,43)44)26-31(24-29)48(6,45)46/h12-15,18-19,23-26,37H,7-11,16-17,20-22H2,1-6H3. The molecule has 0 aliphatic carbocycles. The third-order valence-corrected chi connectivity index (χ3v) is 10.8. The molecule has 2 aromatic carbocycles. The van der Waals surface area contributed by atoms with Crippen LogP contribution in [0.15, 0.2) is 70.7 Å². The molecule has 0 fully saturated rings. The number of rotatable bonds is 17. The van der Waals surface area contributed by atoms with Gasteiger partial charge in [0.25, 0.3) is 5.91 Å². The number of benzene rings is 2. The Bertz CT molecular complexity index is 1880. The van der Waals surface area contributed by atoms with Crippen molar-refractivity contribution in [3.8, 4) is 11.3 Å². The first-order valence-corrected chi connectivity index (χ1v) is 20.3. The van der Waals surface area contributed by atoms with Gasteiger partial charge in [0.2, 0.25) is 0 Å². The van der Waals surface area contributed by atoms with E-state index in [1.807, 2.05) is 70.7 Å². The Labute approximate surface area is 286 Å². The first kappa shape index (κ1) is 37.2. The highest BCUT2D eigenvalue weighted by Crippen LogP contribution is 2.37. The van der Waals surface area contributed by atoms with Crippen molar-refractivity contribution in [3.05, 3.63) is 77.6 Å². The smallest absolute Gasteiger partial charge is 0.253 e. The third kappa shape index (κ3) is 9.31. The summed E-state index contributed by atoms with van der Waals surface area (Å²) >= 11 is 0. The van der Waals surface area contributed by atoms with E-state index < -0.39 is 19.7 Å². The number of nitrogens with one attached hydrogen (secondary N) is 1. The molecule has 0 atom stereocenters. The number of sulfone groups is 2. The van der Waals surface area contributed by atoms with E-state index in [0.29, 0.717) is 50.3 Å². The van der Waals surface area contributed by atoms with Gasteiger partial charge in [-0.05, 0) is 126 Å². The van der Waals surface area contributed by atoms with Crippen LogP contribution in [0.3, 0.4) is 0 Å². The van der Waals surface area contributed by atoms with E-state index in [-0.39, 0.29) is 15.7 Å². The molecule has 1 amide bonds. The highest BCUT2D eigenvalue weighted by molar-refractivity contribution is 7.91. The molecule has 1 N–H and O–H groups in total. The fourth-order valence-corrected chi connectivity index (χ4v) is 7.41. The number of aryl methyl sites for hydroxylation is 1. The Morgan fingerprint density at radius 3 is 2.06 bits per heavy atom. The van der Waals surface area contributed by atoms with Crippen LogP contribution < -0.4 is 5.32 Å². The lowest BCUT2D eigenvalue weighted by molar-refractivity contribution is 0.0773. The number of amides is 1. The summed E-state index contributed by atoms with van der Waals surface area (Å²) < 4.78 is 53.4. The Morgan fingerprint density at radius 1 is 0.833 bits per heavy atom. The summed E-state index contributed by atoms with van der Waals surface area (Å²) in [6.07, 6.45) is 9.40. The lowest BCUT2D eigenvalue weighted by Crippen LogP contribution is -2.30. The highest BCUT2D eigenvalue weighted by Gasteiger charge is 2.24. The summed E-state index contributed by atoms with van der Waals surface area (Å²) in [5.74, 6) is -0.0544. The molecule has 4 aromatic rings. The molecule has 48 heavy (non-hydrogen) atoms. The van der Waals surface area contributed by atoms with Gasteiger partial charge in [-0.1, -0.05) is 0 Å². The Hall–Kier alpha value is -3.58. The second kappa shape index (κ2) is 16.2. The monoisotopic (exact) mass is 695 g/mol. The second-order valence-corrected chi connectivity index (χ2v) is 16.6. The molecule has 0 radical (unpaired) electrons. The predicted octanol–water partition coefficient (Wildman–Crippen LogP) is 4.71. The van der Waals surface area contributed by atoms with Gasteiger partial charge in [0.15, 0.2) is 19.7 Å². The first-order valence-electron chi connectivity index (χ1n) is 16.5. The summed E-state index contributed by atoms with van der Waals surface area (Å²) in [5.41, 5.74) is 4.95. The van der Waals surface area contributed by atoms with Crippen LogP contribution in [0.1, 0.15) is 48.2 Å². The number of hydrogen-bond donors (Lipinski definition) is 1. The average Bonchev–Trinajstić information content (AvgIpc) is 3.35. The zero-order valence-electron chi connectivity index (χ0n) is 29.0. The van der Waals surface area contributed by atoms with Crippen molar-refractivity contribution < 1.29 is 21.6 Å². The van der Waals surface area contributed by atoms with Gasteiger partial charge in [0.1, 0.15) is 0 Å². The van der Waals surface area contributed by atoms with Crippen molar-refractivity contribution in [2.24, 2.45) is 0 Å². The molecule has 2 heterocycles. The van der Waals surface area contributed by atoms with E-state index in [2.05, 4.69) is 19.8 Å². The molecule has 0 spiro atoms. The van der Waals surface area contributed by atoms with Gasteiger partial charge in [0, 0.05) is 73.1 Å². The number of hydrogen-bond acceptors (Lipinski definition) is 8. The second-order valence-electron chi connectivity index (χ2n) is 12.5. The zero-order valence-corrected chi connectivity index (χ0v) is 30.6. The molecule has 12 heteroatoms. The predicted molar refractivity (Wildman–Crippen MR) is 193 cm³/mol. The van der Waals surface area contributed by atoms with E-state index in [0.717, 1.165) is 60.5 Å². The van der Waals surface area contributed by atoms with Crippen LogP contribution in [0, 0.1) is 0 Å². The minimum atomic E-state index is -3.73. The molecule has 0 saturated heterocycles. The Morgan fingerprint density at radius 2 is 1.48 bits per heavy atom. The molecule has 10 nitrogen and oxygen atoms in total. The lowest BCUT2D eigenvalue weighted by atomic mass is 10.0. The quantitative estimate of drug-likeness (QED) is 0.158. The van der Waals surface area contributed by atoms with Gasteiger partial charge in [-0.15, -0.1) is 0 Å². The van der Waals surface area contributed by atoms with Crippen molar-refractivity contribution in [1.82, 2.24) is 24.7 Å². The van der Waals surface area contributed by atoms with Crippen molar-refractivity contribution in [1.29, 1.82) is 0 Å². The fourth-order valence-electron chi connectivity index (χ4n) is 5.97. The van der Waals surface area contributed by atoms with Gasteiger partial charge in [-0.3, -0.25) is 9.78 Å². The number of nitrogens with zero attached hydrogens (tertiary/aromatic N) is 4. The van der Waals surface area contributed by atoms with Crippen LogP contribution in [0.25, 0.3) is 22.2 Å². The average molecular weight is 696 g/mol. The van der Waals surface area contributed by atoms with Gasteiger partial charge in [-0.25, -0.2) is 16.8 Å². The third-order valence-electron chi connectivity index (χ3n) is 8.62. The number of likely N-dealkylation sites (N-methyl/N-ethyl adjacent to an activating group) is 1. The van der Waals surface area contributed by atoms with E-state index in [9.17, 15) is 21.6 Å². The minimum absolute atomic E-state index is 0.0544. The number of carbonyl (C=O) groups excluding carboxylic acids is 1. The fraction of sp³-hybridized carbons (Fsp3) is 0.444. The molecule has 4 rings (SSSR count). The molecule has 0 saturated carbocycles. The maximum Gasteiger partial charge on any atom is 0.253 e. The number of unbranched alkanes of at least 4 members (excludes halogenated alkanes) is 1.